The van der Waals surface area contributed by atoms with E-state index >= 15 is 0 Å². The molecule has 4 aliphatic rings. The fraction of sp³-hybridized carbons (Fsp3) is 0.741. The minimum absolute atomic E-state index is 0.0430. The van der Waals surface area contributed by atoms with Crippen LogP contribution in [0.25, 0.3) is 0 Å². The molecule has 0 radical (unpaired) electrons. The smallest absolute Gasteiger partial charge is 0.223 e. The molecule has 2 aliphatic heterocycles. The Kier molecular flexibility index (Phi) is 6.90. The molecule has 1 aromatic carbocycles. The Hall–Kier alpha value is -1.67. The Bertz CT molecular complexity index is 845. The number of carbonyl (C=O) groups excluding carboxylic acids is 1. The van der Waals surface area contributed by atoms with E-state index in [0.29, 0.717) is 51.9 Å². The van der Waals surface area contributed by atoms with Crippen molar-refractivity contribution in [1.29, 1.82) is 0 Å². The van der Waals surface area contributed by atoms with E-state index in [4.69, 9.17) is 18.9 Å². The van der Waals surface area contributed by atoms with Gasteiger partial charge in [0.1, 0.15) is 12.4 Å². The highest BCUT2D eigenvalue weighted by Gasteiger charge is 2.61. The highest BCUT2D eigenvalue weighted by atomic mass is 16.7. The number of rotatable bonds is 5. The van der Waals surface area contributed by atoms with Crippen LogP contribution in [-0.2, 0) is 19.0 Å². The number of aliphatic hydroxyl groups excluding tert-OH is 1. The Balaban J connectivity index is 1.26. The highest BCUT2D eigenvalue weighted by Crippen LogP contribution is 2.62. The molecule has 34 heavy (non-hydrogen) atoms. The van der Waals surface area contributed by atoms with Crippen molar-refractivity contribution < 1.29 is 28.8 Å². The largest absolute Gasteiger partial charge is 0.488 e. The van der Waals surface area contributed by atoms with E-state index in [2.05, 4.69) is 13.8 Å². The van der Waals surface area contributed by atoms with Crippen molar-refractivity contribution in [2.45, 2.75) is 64.4 Å². The van der Waals surface area contributed by atoms with Gasteiger partial charge in [0.15, 0.2) is 6.29 Å². The van der Waals surface area contributed by atoms with E-state index in [9.17, 15) is 9.90 Å². The van der Waals surface area contributed by atoms with Crippen molar-refractivity contribution >= 4 is 5.91 Å². The van der Waals surface area contributed by atoms with Gasteiger partial charge < -0.3 is 29.0 Å². The fourth-order valence-electron chi connectivity index (χ4n) is 7.18. The number of hydrogen-bond donors (Lipinski definition) is 1. The number of benzene rings is 1. The number of ether oxygens (including phenoxy) is 4. The van der Waals surface area contributed by atoms with E-state index < -0.39 is 6.10 Å². The monoisotopic (exact) mass is 473 g/mol. The van der Waals surface area contributed by atoms with Gasteiger partial charge in [0.05, 0.1) is 32.0 Å². The first-order valence-electron chi connectivity index (χ1n) is 12.9. The molecule has 188 valence electrons. The predicted molar refractivity (Wildman–Crippen MR) is 126 cm³/mol. The number of hydrogen-bond acceptors (Lipinski definition) is 6. The number of carbonyl (C=O) groups is 1. The number of aliphatic hydroxyl groups is 1. The van der Waals surface area contributed by atoms with Crippen molar-refractivity contribution in [2.75, 3.05) is 39.5 Å². The molecule has 4 fully saturated rings. The third-order valence-corrected chi connectivity index (χ3v) is 9.12. The Morgan fingerprint density at radius 1 is 1.12 bits per heavy atom. The number of morpholine rings is 1. The van der Waals surface area contributed by atoms with Crippen molar-refractivity contribution in [2.24, 2.45) is 22.7 Å². The lowest BCUT2D eigenvalue weighted by Gasteiger charge is -2.63. The number of nitrogens with zero attached hydrogens (tertiary/aromatic N) is 1. The third kappa shape index (κ3) is 4.48. The van der Waals surface area contributed by atoms with Gasteiger partial charge in [-0.1, -0.05) is 32.0 Å². The molecular formula is C27H39NO6. The summed E-state index contributed by atoms with van der Waals surface area (Å²) < 4.78 is 23.9. The molecule has 2 aliphatic carbocycles. The molecule has 7 nitrogen and oxygen atoms in total. The maximum atomic E-state index is 13.1. The van der Waals surface area contributed by atoms with E-state index in [1.165, 1.54) is 0 Å². The molecule has 7 atom stereocenters. The SMILES string of the molecule is C[C@@]12CO[C@@H](COc3ccccc3)O[C@@H]1CC[C@]1(C)[C@@H]2CC[C@@H](O)[C@H]1CC(=O)N1CCOCC1. The Labute approximate surface area is 202 Å². The van der Waals surface area contributed by atoms with Gasteiger partial charge in [-0.15, -0.1) is 0 Å². The van der Waals surface area contributed by atoms with Crippen LogP contribution in [0.1, 0.15) is 46.0 Å². The highest BCUT2D eigenvalue weighted by molar-refractivity contribution is 5.76. The molecule has 0 aromatic heterocycles. The Morgan fingerprint density at radius 2 is 1.88 bits per heavy atom. The van der Waals surface area contributed by atoms with E-state index in [1.807, 2.05) is 35.2 Å². The Morgan fingerprint density at radius 3 is 2.65 bits per heavy atom. The van der Waals surface area contributed by atoms with E-state index in [-0.39, 0.29) is 35.0 Å². The minimum atomic E-state index is -0.441. The first kappa shape index (κ1) is 24.0. The predicted octanol–water partition coefficient (Wildman–Crippen LogP) is 3.25. The van der Waals surface area contributed by atoms with Crippen molar-refractivity contribution in [3.8, 4) is 5.75 Å². The third-order valence-electron chi connectivity index (χ3n) is 9.12. The van der Waals surface area contributed by atoms with Gasteiger partial charge in [0.25, 0.3) is 0 Å². The molecule has 1 amide bonds. The van der Waals surface area contributed by atoms with E-state index in [0.717, 1.165) is 31.4 Å². The molecule has 7 heteroatoms. The lowest BCUT2D eigenvalue weighted by molar-refractivity contribution is -0.313. The van der Waals surface area contributed by atoms with Crippen molar-refractivity contribution in [3.63, 3.8) is 0 Å². The van der Waals surface area contributed by atoms with Crippen LogP contribution in [-0.4, -0.2) is 73.9 Å². The second-order valence-corrected chi connectivity index (χ2v) is 11.0. The maximum absolute atomic E-state index is 13.1. The summed E-state index contributed by atoms with van der Waals surface area (Å²) in [6.45, 7) is 8.06. The standard InChI is InChI=1S/C27H39NO6/c1-26-11-10-23-27(2,18-33-25(34-23)17-32-19-6-4-3-5-7-19)22(26)9-8-21(29)20(26)16-24(30)28-12-14-31-15-13-28/h3-7,20-23,25,29H,8-18H2,1-2H3/t20-,21-,22+,23-,25-,26+,27+/m1/s1. The van der Waals surface area contributed by atoms with Gasteiger partial charge in [-0.2, -0.15) is 0 Å². The normalized spacial score (nSPS) is 40.2. The van der Waals surface area contributed by atoms with Crippen LogP contribution in [0.5, 0.6) is 5.75 Å². The van der Waals surface area contributed by atoms with Crippen molar-refractivity contribution in [3.05, 3.63) is 30.3 Å². The first-order valence-corrected chi connectivity index (χ1v) is 12.9. The molecule has 5 rings (SSSR count). The first-order chi connectivity index (χ1) is 16.4. The van der Waals surface area contributed by atoms with Crippen LogP contribution in [0.2, 0.25) is 0 Å². The van der Waals surface area contributed by atoms with Gasteiger partial charge in [-0.05, 0) is 55.1 Å². The number of fused-ring (bicyclic) bond motifs is 3. The molecular weight excluding hydrogens is 434 g/mol. The number of amides is 1. The second kappa shape index (κ2) is 9.76. The van der Waals surface area contributed by atoms with Crippen LogP contribution < -0.4 is 4.74 Å². The zero-order chi connectivity index (χ0) is 23.8. The van der Waals surface area contributed by atoms with E-state index in [1.54, 1.807) is 0 Å². The summed E-state index contributed by atoms with van der Waals surface area (Å²) in [5.74, 6) is 1.25. The van der Waals surface area contributed by atoms with Gasteiger partial charge >= 0.3 is 0 Å². The average molecular weight is 474 g/mol. The fourth-order valence-corrected chi connectivity index (χ4v) is 7.18. The zero-order valence-corrected chi connectivity index (χ0v) is 20.5. The summed E-state index contributed by atoms with van der Waals surface area (Å²) in [4.78, 5) is 15.0. The van der Waals surface area contributed by atoms with Crippen molar-refractivity contribution in [1.82, 2.24) is 4.90 Å². The summed E-state index contributed by atoms with van der Waals surface area (Å²) in [5.41, 5.74) is -0.262. The molecule has 2 heterocycles. The molecule has 1 aromatic rings. The number of para-hydroxylation sites is 1. The summed E-state index contributed by atoms with van der Waals surface area (Å²) in [6.07, 6.45) is 3.19. The summed E-state index contributed by atoms with van der Waals surface area (Å²) in [6, 6.07) is 9.74. The summed E-state index contributed by atoms with van der Waals surface area (Å²) >= 11 is 0. The molecule has 0 spiro atoms. The average Bonchev–Trinajstić information content (AvgIpc) is 2.86. The van der Waals surface area contributed by atoms with Crippen LogP contribution in [0.15, 0.2) is 30.3 Å². The second-order valence-electron chi connectivity index (χ2n) is 11.0. The lowest BCUT2D eigenvalue weighted by Crippen LogP contribution is -2.63. The van der Waals surface area contributed by atoms with Gasteiger partial charge in [0.2, 0.25) is 5.91 Å². The van der Waals surface area contributed by atoms with Crippen LogP contribution >= 0.6 is 0 Å². The lowest BCUT2D eigenvalue weighted by atomic mass is 9.46. The van der Waals surface area contributed by atoms with Gasteiger partial charge in [0, 0.05) is 24.9 Å². The molecule has 0 unspecified atom stereocenters. The van der Waals surface area contributed by atoms with Crippen LogP contribution in [0.4, 0.5) is 0 Å². The molecule has 1 N–H and O–H groups in total. The summed E-state index contributed by atoms with van der Waals surface area (Å²) in [5, 5.41) is 11.0. The topological polar surface area (TPSA) is 77.5 Å². The van der Waals surface area contributed by atoms with Gasteiger partial charge in [-0.25, -0.2) is 0 Å². The quantitative estimate of drug-likeness (QED) is 0.708. The van der Waals surface area contributed by atoms with Crippen LogP contribution in [0.3, 0.4) is 0 Å². The zero-order valence-electron chi connectivity index (χ0n) is 20.5. The molecule has 0 bridgehead atoms. The van der Waals surface area contributed by atoms with Gasteiger partial charge in [-0.3, -0.25) is 4.79 Å². The van der Waals surface area contributed by atoms with Crippen LogP contribution in [0, 0.1) is 22.7 Å². The maximum Gasteiger partial charge on any atom is 0.223 e. The summed E-state index contributed by atoms with van der Waals surface area (Å²) in [7, 11) is 0. The molecule has 2 saturated heterocycles. The molecule has 2 saturated carbocycles. The minimum Gasteiger partial charge on any atom is -0.488 e.